The standard InChI is InChI=1S/C33H39NO3/c1-24-9-16-29(33(2,3)4)32(21-24)37-23-27-22-25(11-18-31(27)36-5)10-17-30(35)26-12-14-28(15-13-26)34-19-7-6-8-20-34/h9-18,21-22H,6-8,19-20,23H2,1-5H3/b17-10+. The van der Waals surface area contributed by atoms with E-state index in [0.717, 1.165) is 41.3 Å². The van der Waals surface area contributed by atoms with Crippen molar-refractivity contribution in [3.05, 3.63) is 94.6 Å². The van der Waals surface area contributed by atoms with Crippen LogP contribution in [0, 0.1) is 6.92 Å². The van der Waals surface area contributed by atoms with Gasteiger partial charge in [-0.2, -0.15) is 0 Å². The van der Waals surface area contributed by atoms with Gasteiger partial charge in [0.05, 0.1) is 7.11 Å². The molecule has 4 heteroatoms. The zero-order valence-electron chi connectivity index (χ0n) is 22.8. The van der Waals surface area contributed by atoms with Crippen LogP contribution < -0.4 is 14.4 Å². The predicted octanol–water partition coefficient (Wildman–Crippen LogP) is 7.77. The predicted molar refractivity (Wildman–Crippen MR) is 153 cm³/mol. The van der Waals surface area contributed by atoms with Crippen molar-refractivity contribution in [2.75, 3.05) is 25.1 Å². The first kappa shape index (κ1) is 26.5. The number of benzene rings is 3. The van der Waals surface area contributed by atoms with E-state index in [4.69, 9.17) is 9.47 Å². The Morgan fingerprint density at radius 2 is 1.65 bits per heavy atom. The van der Waals surface area contributed by atoms with E-state index < -0.39 is 0 Å². The Balaban J connectivity index is 1.47. The molecule has 4 rings (SSSR count). The highest BCUT2D eigenvalue weighted by atomic mass is 16.5. The van der Waals surface area contributed by atoms with Crippen molar-refractivity contribution >= 4 is 17.5 Å². The molecule has 0 bridgehead atoms. The summed E-state index contributed by atoms with van der Waals surface area (Å²) in [5, 5.41) is 0. The lowest BCUT2D eigenvalue weighted by Crippen LogP contribution is -2.29. The van der Waals surface area contributed by atoms with Gasteiger partial charge in [-0.1, -0.05) is 45.0 Å². The Hall–Kier alpha value is -3.53. The Bertz CT molecular complexity index is 1250. The average Bonchev–Trinajstić information content (AvgIpc) is 2.90. The lowest BCUT2D eigenvalue weighted by atomic mass is 9.86. The molecule has 0 saturated carbocycles. The maximum absolute atomic E-state index is 12.8. The summed E-state index contributed by atoms with van der Waals surface area (Å²) in [4.78, 5) is 15.2. The molecule has 0 radical (unpaired) electrons. The molecule has 0 aliphatic carbocycles. The number of aryl methyl sites for hydroxylation is 1. The van der Waals surface area contributed by atoms with Crippen LogP contribution in [-0.2, 0) is 12.0 Å². The molecule has 1 heterocycles. The number of nitrogens with zero attached hydrogens (tertiary/aromatic N) is 1. The van der Waals surface area contributed by atoms with E-state index in [2.05, 4.69) is 62.9 Å². The summed E-state index contributed by atoms with van der Waals surface area (Å²) >= 11 is 0. The van der Waals surface area contributed by atoms with Crippen molar-refractivity contribution in [2.24, 2.45) is 0 Å². The van der Waals surface area contributed by atoms with Gasteiger partial charge in [0.25, 0.3) is 0 Å². The number of ether oxygens (including phenoxy) is 2. The van der Waals surface area contributed by atoms with Crippen LogP contribution in [0.15, 0.2) is 66.7 Å². The van der Waals surface area contributed by atoms with Gasteiger partial charge in [0.2, 0.25) is 0 Å². The molecule has 0 aromatic heterocycles. The summed E-state index contributed by atoms with van der Waals surface area (Å²) in [5.41, 5.74) is 6.07. The molecule has 0 spiro atoms. The van der Waals surface area contributed by atoms with Crippen molar-refractivity contribution in [1.82, 2.24) is 0 Å². The van der Waals surface area contributed by atoms with Gasteiger partial charge in [0.15, 0.2) is 5.78 Å². The van der Waals surface area contributed by atoms with Crippen molar-refractivity contribution in [1.29, 1.82) is 0 Å². The summed E-state index contributed by atoms with van der Waals surface area (Å²) in [5.74, 6) is 1.65. The molecule has 1 aliphatic heterocycles. The van der Waals surface area contributed by atoms with Crippen LogP contribution in [0.5, 0.6) is 11.5 Å². The quantitative estimate of drug-likeness (QED) is 0.235. The van der Waals surface area contributed by atoms with Crippen LogP contribution in [-0.4, -0.2) is 26.0 Å². The van der Waals surface area contributed by atoms with Crippen molar-refractivity contribution in [2.45, 2.75) is 59.0 Å². The SMILES string of the molecule is COc1ccc(/C=C/C(=O)c2ccc(N3CCCCC3)cc2)cc1COc1cc(C)ccc1C(C)(C)C. The van der Waals surface area contributed by atoms with E-state index in [1.807, 2.05) is 36.4 Å². The highest BCUT2D eigenvalue weighted by Crippen LogP contribution is 2.33. The fraction of sp³-hybridized carbons (Fsp3) is 0.364. The largest absolute Gasteiger partial charge is 0.496 e. The monoisotopic (exact) mass is 497 g/mol. The molecule has 0 atom stereocenters. The highest BCUT2D eigenvalue weighted by molar-refractivity contribution is 6.07. The third kappa shape index (κ3) is 6.82. The Morgan fingerprint density at radius 1 is 0.919 bits per heavy atom. The van der Waals surface area contributed by atoms with Gasteiger partial charge in [0.1, 0.15) is 18.1 Å². The van der Waals surface area contributed by atoms with Crippen molar-refractivity contribution in [3.8, 4) is 11.5 Å². The first-order valence-electron chi connectivity index (χ1n) is 13.2. The van der Waals surface area contributed by atoms with Gasteiger partial charge < -0.3 is 14.4 Å². The number of allylic oxidation sites excluding steroid dienone is 1. The van der Waals surface area contributed by atoms with Gasteiger partial charge in [-0.25, -0.2) is 0 Å². The van der Waals surface area contributed by atoms with Gasteiger partial charge >= 0.3 is 0 Å². The van der Waals surface area contributed by atoms with Crippen LogP contribution in [0.25, 0.3) is 6.08 Å². The summed E-state index contributed by atoms with van der Waals surface area (Å²) in [6.07, 6.45) is 7.28. The number of piperidine rings is 1. The number of methoxy groups -OCH3 is 1. The molecule has 1 aliphatic rings. The normalized spacial score (nSPS) is 14.1. The first-order valence-corrected chi connectivity index (χ1v) is 13.2. The second kappa shape index (κ2) is 11.7. The number of hydrogen-bond acceptors (Lipinski definition) is 4. The number of ketones is 1. The zero-order valence-corrected chi connectivity index (χ0v) is 22.8. The van der Waals surface area contributed by atoms with Crippen molar-refractivity contribution in [3.63, 3.8) is 0 Å². The lowest BCUT2D eigenvalue weighted by molar-refractivity contribution is 0.104. The van der Waals surface area contributed by atoms with Gasteiger partial charge in [0, 0.05) is 29.9 Å². The molecular formula is C33H39NO3. The van der Waals surface area contributed by atoms with E-state index in [9.17, 15) is 4.79 Å². The van der Waals surface area contributed by atoms with E-state index in [1.165, 1.54) is 30.5 Å². The number of hydrogen-bond donors (Lipinski definition) is 0. The van der Waals surface area contributed by atoms with Crippen LogP contribution in [0.3, 0.4) is 0 Å². The smallest absolute Gasteiger partial charge is 0.185 e. The Morgan fingerprint density at radius 3 is 2.32 bits per heavy atom. The van der Waals surface area contributed by atoms with Gasteiger partial charge in [-0.3, -0.25) is 4.79 Å². The van der Waals surface area contributed by atoms with E-state index in [0.29, 0.717) is 12.2 Å². The number of carbonyl (C=O) groups excluding carboxylic acids is 1. The van der Waals surface area contributed by atoms with Crippen LogP contribution in [0.2, 0.25) is 0 Å². The molecule has 37 heavy (non-hydrogen) atoms. The Kier molecular flexibility index (Phi) is 8.38. The fourth-order valence-electron chi connectivity index (χ4n) is 4.80. The fourth-order valence-corrected chi connectivity index (χ4v) is 4.80. The molecule has 4 nitrogen and oxygen atoms in total. The summed E-state index contributed by atoms with van der Waals surface area (Å²) < 4.78 is 11.9. The molecule has 3 aromatic rings. The molecule has 0 unspecified atom stereocenters. The van der Waals surface area contributed by atoms with Crippen LogP contribution >= 0.6 is 0 Å². The van der Waals surface area contributed by atoms with Crippen LogP contribution in [0.1, 0.15) is 72.6 Å². The minimum absolute atomic E-state index is 0.00612. The molecule has 1 fully saturated rings. The zero-order chi connectivity index (χ0) is 26.4. The summed E-state index contributed by atoms with van der Waals surface area (Å²) in [6.45, 7) is 11.2. The molecular weight excluding hydrogens is 458 g/mol. The highest BCUT2D eigenvalue weighted by Gasteiger charge is 2.19. The maximum atomic E-state index is 12.8. The van der Waals surface area contributed by atoms with Crippen LogP contribution in [0.4, 0.5) is 5.69 Å². The Labute approximate surface area is 221 Å². The molecule has 0 amide bonds. The minimum Gasteiger partial charge on any atom is -0.496 e. The van der Waals surface area contributed by atoms with Gasteiger partial charge in [-0.05, 0) is 96.8 Å². The minimum atomic E-state index is -0.0238. The van der Waals surface area contributed by atoms with Gasteiger partial charge in [-0.15, -0.1) is 0 Å². The number of anilines is 1. The molecule has 1 saturated heterocycles. The molecule has 194 valence electrons. The first-order chi connectivity index (χ1) is 17.7. The average molecular weight is 498 g/mol. The summed E-state index contributed by atoms with van der Waals surface area (Å²) in [7, 11) is 1.67. The van der Waals surface area contributed by atoms with E-state index in [1.54, 1.807) is 13.2 Å². The molecule has 3 aromatic carbocycles. The summed E-state index contributed by atoms with van der Waals surface area (Å²) in [6, 6.07) is 20.2. The second-order valence-electron chi connectivity index (χ2n) is 10.9. The number of rotatable bonds is 8. The second-order valence-corrected chi connectivity index (χ2v) is 10.9. The maximum Gasteiger partial charge on any atom is 0.185 e. The van der Waals surface area contributed by atoms with E-state index >= 15 is 0 Å². The topological polar surface area (TPSA) is 38.8 Å². The molecule has 0 N–H and O–H groups in total. The number of carbonyl (C=O) groups is 1. The lowest BCUT2D eigenvalue weighted by Gasteiger charge is -2.28. The van der Waals surface area contributed by atoms with E-state index in [-0.39, 0.29) is 11.2 Å². The third-order valence-corrected chi connectivity index (χ3v) is 6.93. The third-order valence-electron chi connectivity index (χ3n) is 6.93. The van der Waals surface area contributed by atoms with Crippen molar-refractivity contribution < 1.29 is 14.3 Å².